The molecule has 4 saturated carbocycles. The van der Waals surface area contributed by atoms with Crippen LogP contribution in [0.2, 0.25) is 0 Å². The van der Waals surface area contributed by atoms with Crippen LogP contribution in [-0.4, -0.2) is 23.7 Å². The van der Waals surface area contributed by atoms with Gasteiger partial charge in [0.25, 0.3) is 0 Å². The first-order valence-corrected chi connectivity index (χ1v) is 7.04. The predicted molar refractivity (Wildman–Crippen MR) is 65.3 cm³/mol. The molecule has 0 aliphatic heterocycles. The average Bonchev–Trinajstić information content (AvgIpc) is 2.23. The van der Waals surface area contributed by atoms with E-state index in [-0.39, 0.29) is 11.3 Å². The van der Waals surface area contributed by atoms with Gasteiger partial charge in [0.1, 0.15) is 0 Å². The summed E-state index contributed by atoms with van der Waals surface area (Å²) in [4.78, 5) is 12.4. The van der Waals surface area contributed by atoms with Crippen molar-refractivity contribution in [3.05, 3.63) is 0 Å². The Morgan fingerprint density at radius 3 is 2.12 bits per heavy atom. The molecule has 3 heteroatoms. The van der Waals surface area contributed by atoms with Crippen LogP contribution in [0.25, 0.3) is 0 Å². The maximum absolute atomic E-state index is 12.4. The van der Waals surface area contributed by atoms with Crippen LogP contribution >= 0.6 is 0 Å². The minimum Gasteiger partial charge on any atom is -0.392 e. The molecule has 0 heterocycles. The maximum Gasteiger partial charge on any atom is 0.226 e. The molecule has 0 saturated heterocycles. The first kappa shape index (κ1) is 11.5. The first-order chi connectivity index (χ1) is 8.07. The second-order valence-electron chi connectivity index (χ2n) is 6.76. The molecule has 4 aliphatic carbocycles. The van der Waals surface area contributed by atoms with Crippen molar-refractivity contribution in [2.45, 2.75) is 51.6 Å². The quantitative estimate of drug-likeness (QED) is 0.785. The Labute approximate surface area is 103 Å². The number of hydrogen-bond acceptors (Lipinski definition) is 2. The van der Waals surface area contributed by atoms with Crippen LogP contribution in [0.15, 0.2) is 0 Å². The second-order valence-corrected chi connectivity index (χ2v) is 6.76. The van der Waals surface area contributed by atoms with E-state index in [1.54, 1.807) is 6.92 Å². The van der Waals surface area contributed by atoms with Gasteiger partial charge in [-0.2, -0.15) is 0 Å². The highest BCUT2D eigenvalue weighted by atomic mass is 16.3. The lowest BCUT2D eigenvalue weighted by Crippen LogP contribution is -2.54. The van der Waals surface area contributed by atoms with E-state index in [4.69, 9.17) is 0 Å². The maximum atomic E-state index is 12.4. The lowest BCUT2D eigenvalue weighted by molar-refractivity contribution is -0.146. The van der Waals surface area contributed by atoms with Crippen molar-refractivity contribution < 1.29 is 9.90 Å². The van der Waals surface area contributed by atoms with Gasteiger partial charge in [-0.3, -0.25) is 4.79 Å². The van der Waals surface area contributed by atoms with Gasteiger partial charge in [0.2, 0.25) is 5.91 Å². The molecule has 2 N–H and O–H groups in total. The zero-order valence-corrected chi connectivity index (χ0v) is 10.6. The van der Waals surface area contributed by atoms with E-state index < -0.39 is 6.10 Å². The van der Waals surface area contributed by atoms with Crippen LogP contribution in [0, 0.1) is 23.2 Å². The molecule has 17 heavy (non-hydrogen) atoms. The van der Waals surface area contributed by atoms with Crippen molar-refractivity contribution in [3.8, 4) is 0 Å². The second kappa shape index (κ2) is 3.98. The minimum atomic E-state index is -0.437. The normalized spacial score (nSPS) is 44.7. The zero-order valence-electron chi connectivity index (χ0n) is 10.6. The molecular formula is C14H23NO2. The van der Waals surface area contributed by atoms with E-state index in [0.717, 1.165) is 37.0 Å². The number of carbonyl (C=O) groups is 1. The Balaban J connectivity index is 1.71. The van der Waals surface area contributed by atoms with Crippen molar-refractivity contribution >= 4 is 5.91 Å². The molecule has 1 amide bonds. The van der Waals surface area contributed by atoms with Gasteiger partial charge in [-0.05, 0) is 63.2 Å². The van der Waals surface area contributed by atoms with Crippen molar-refractivity contribution in [1.82, 2.24) is 5.32 Å². The Morgan fingerprint density at radius 2 is 1.71 bits per heavy atom. The summed E-state index contributed by atoms with van der Waals surface area (Å²) in [5.41, 5.74) is -0.0658. The van der Waals surface area contributed by atoms with Gasteiger partial charge in [0.15, 0.2) is 0 Å². The molecule has 4 bridgehead atoms. The van der Waals surface area contributed by atoms with Gasteiger partial charge in [-0.15, -0.1) is 0 Å². The third-order valence-electron chi connectivity index (χ3n) is 5.08. The largest absolute Gasteiger partial charge is 0.392 e. The SMILES string of the molecule is C[C@H](O)CNC(=O)C12CC3CC(CC(C3)C1)C2. The Morgan fingerprint density at radius 1 is 1.24 bits per heavy atom. The smallest absolute Gasteiger partial charge is 0.226 e. The molecule has 0 aromatic carbocycles. The van der Waals surface area contributed by atoms with Crippen molar-refractivity contribution in [3.63, 3.8) is 0 Å². The summed E-state index contributed by atoms with van der Waals surface area (Å²) in [7, 11) is 0. The van der Waals surface area contributed by atoms with Gasteiger partial charge in [0.05, 0.1) is 6.10 Å². The molecule has 3 nitrogen and oxygen atoms in total. The standard InChI is InChI=1S/C14H23NO2/c1-9(16)8-15-13(17)14-5-10-2-11(6-14)4-12(3-10)7-14/h9-12,16H,2-8H2,1H3,(H,15,17)/t9-,10?,11?,12?,14?/m0/s1. The lowest BCUT2D eigenvalue weighted by atomic mass is 9.49. The van der Waals surface area contributed by atoms with Crippen molar-refractivity contribution in [2.75, 3.05) is 6.54 Å². The predicted octanol–water partition coefficient (Wildman–Crippen LogP) is 1.70. The van der Waals surface area contributed by atoms with Gasteiger partial charge in [0, 0.05) is 12.0 Å². The zero-order chi connectivity index (χ0) is 12.0. The number of rotatable bonds is 3. The Kier molecular flexibility index (Phi) is 2.69. The number of carbonyl (C=O) groups excluding carboxylic acids is 1. The van der Waals surface area contributed by atoms with Gasteiger partial charge in [-0.1, -0.05) is 0 Å². The summed E-state index contributed by atoms with van der Waals surface area (Å²) in [6.45, 7) is 2.13. The molecular weight excluding hydrogens is 214 g/mol. The summed E-state index contributed by atoms with van der Waals surface area (Å²) >= 11 is 0. The molecule has 1 atom stereocenters. The number of amides is 1. The van der Waals surface area contributed by atoms with Crippen LogP contribution in [-0.2, 0) is 4.79 Å². The van der Waals surface area contributed by atoms with E-state index in [2.05, 4.69) is 5.32 Å². The van der Waals surface area contributed by atoms with Gasteiger partial charge >= 0.3 is 0 Å². The van der Waals surface area contributed by atoms with Crippen LogP contribution in [0.3, 0.4) is 0 Å². The fraction of sp³-hybridized carbons (Fsp3) is 0.929. The van der Waals surface area contributed by atoms with Gasteiger partial charge < -0.3 is 10.4 Å². The van der Waals surface area contributed by atoms with Crippen LogP contribution in [0.5, 0.6) is 0 Å². The molecule has 4 fully saturated rings. The monoisotopic (exact) mass is 237 g/mol. The summed E-state index contributed by atoms with van der Waals surface area (Å²) < 4.78 is 0. The number of nitrogens with one attached hydrogen (secondary N) is 1. The Bertz CT molecular complexity index is 289. The molecule has 0 spiro atoms. The van der Waals surface area contributed by atoms with E-state index >= 15 is 0 Å². The average molecular weight is 237 g/mol. The third kappa shape index (κ3) is 1.99. The highest BCUT2D eigenvalue weighted by molar-refractivity contribution is 5.83. The van der Waals surface area contributed by atoms with Crippen molar-refractivity contribution in [2.24, 2.45) is 23.2 Å². The lowest BCUT2D eigenvalue weighted by Gasteiger charge is -2.55. The molecule has 4 rings (SSSR count). The van der Waals surface area contributed by atoms with E-state index in [1.165, 1.54) is 19.3 Å². The van der Waals surface area contributed by atoms with Crippen molar-refractivity contribution in [1.29, 1.82) is 0 Å². The molecule has 0 radical (unpaired) electrons. The molecule has 0 aromatic rings. The minimum absolute atomic E-state index is 0.0658. The van der Waals surface area contributed by atoms with Crippen LogP contribution < -0.4 is 5.32 Å². The summed E-state index contributed by atoms with van der Waals surface area (Å²) in [5.74, 6) is 2.63. The highest BCUT2D eigenvalue weighted by Gasteiger charge is 2.54. The third-order valence-corrected chi connectivity index (χ3v) is 5.08. The fourth-order valence-electron chi connectivity index (χ4n) is 4.82. The van der Waals surface area contributed by atoms with E-state index in [1.807, 2.05) is 0 Å². The van der Waals surface area contributed by atoms with Crippen LogP contribution in [0.4, 0.5) is 0 Å². The van der Waals surface area contributed by atoms with E-state index in [0.29, 0.717) is 6.54 Å². The van der Waals surface area contributed by atoms with Gasteiger partial charge in [-0.25, -0.2) is 0 Å². The number of aliphatic hydroxyl groups excluding tert-OH is 1. The summed E-state index contributed by atoms with van der Waals surface area (Å²) in [5, 5.41) is 12.2. The fourth-order valence-corrected chi connectivity index (χ4v) is 4.82. The number of hydrogen-bond donors (Lipinski definition) is 2. The summed E-state index contributed by atoms with van der Waals surface area (Å²) in [6, 6.07) is 0. The summed E-state index contributed by atoms with van der Waals surface area (Å²) in [6.07, 6.45) is 6.96. The first-order valence-electron chi connectivity index (χ1n) is 7.04. The highest BCUT2D eigenvalue weighted by Crippen LogP contribution is 2.60. The number of aliphatic hydroxyl groups is 1. The topological polar surface area (TPSA) is 49.3 Å². The van der Waals surface area contributed by atoms with Crippen LogP contribution in [0.1, 0.15) is 45.4 Å². The molecule has 96 valence electrons. The molecule has 0 aromatic heterocycles. The molecule has 0 unspecified atom stereocenters. The molecule has 4 aliphatic rings. The Hall–Kier alpha value is -0.570. The van der Waals surface area contributed by atoms with E-state index in [9.17, 15) is 9.90 Å².